The Morgan fingerprint density at radius 1 is 1.42 bits per heavy atom. The van der Waals surface area contributed by atoms with E-state index in [0.29, 0.717) is 6.04 Å². The van der Waals surface area contributed by atoms with E-state index in [1.165, 1.54) is 0 Å². The molecule has 19 heavy (non-hydrogen) atoms. The van der Waals surface area contributed by atoms with Crippen LogP contribution in [0.1, 0.15) is 13.3 Å². The Kier molecular flexibility index (Phi) is 6.75. The molecule has 1 aliphatic rings. The molecule has 7 nitrogen and oxygen atoms in total. The van der Waals surface area contributed by atoms with Crippen molar-refractivity contribution in [3.05, 3.63) is 0 Å². The van der Waals surface area contributed by atoms with Crippen LogP contribution in [0.4, 0.5) is 4.79 Å². The molecule has 1 heterocycles. The number of urea groups is 1. The molecule has 1 fully saturated rings. The number of primary amides is 1. The van der Waals surface area contributed by atoms with Gasteiger partial charge in [0.2, 0.25) is 5.91 Å². The van der Waals surface area contributed by atoms with E-state index in [1.54, 1.807) is 7.11 Å². The Balaban J connectivity index is 2.40. The SMILES string of the molecule is CCC1CN(CC(=O)NC(N)=O)CCN1CCOC. The summed E-state index contributed by atoms with van der Waals surface area (Å²) in [5.41, 5.74) is 4.92. The molecule has 0 radical (unpaired) electrons. The van der Waals surface area contributed by atoms with Crippen LogP contribution in [0.5, 0.6) is 0 Å². The summed E-state index contributed by atoms with van der Waals surface area (Å²) < 4.78 is 5.10. The topological polar surface area (TPSA) is 87.9 Å². The molecule has 7 heteroatoms. The summed E-state index contributed by atoms with van der Waals surface area (Å²) >= 11 is 0. The second-order valence-electron chi connectivity index (χ2n) is 4.74. The van der Waals surface area contributed by atoms with Crippen molar-refractivity contribution >= 4 is 11.9 Å². The van der Waals surface area contributed by atoms with Crippen LogP contribution in [0.15, 0.2) is 0 Å². The van der Waals surface area contributed by atoms with E-state index in [2.05, 4.69) is 22.0 Å². The van der Waals surface area contributed by atoms with Crippen LogP contribution in [-0.4, -0.2) is 74.2 Å². The van der Waals surface area contributed by atoms with Crippen molar-refractivity contribution < 1.29 is 14.3 Å². The third kappa shape index (κ3) is 5.54. The van der Waals surface area contributed by atoms with Crippen molar-refractivity contribution in [3.8, 4) is 0 Å². The van der Waals surface area contributed by atoms with Gasteiger partial charge in [-0.1, -0.05) is 6.92 Å². The largest absolute Gasteiger partial charge is 0.383 e. The van der Waals surface area contributed by atoms with E-state index in [4.69, 9.17) is 10.5 Å². The van der Waals surface area contributed by atoms with Gasteiger partial charge in [0.15, 0.2) is 0 Å². The molecule has 0 saturated carbocycles. The number of carbonyl (C=O) groups is 2. The molecule has 1 aliphatic heterocycles. The number of amides is 3. The van der Waals surface area contributed by atoms with Crippen LogP contribution in [0.3, 0.4) is 0 Å². The lowest BCUT2D eigenvalue weighted by Gasteiger charge is -2.40. The van der Waals surface area contributed by atoms with Gasteiger partial charge in [0.1, 0.15) is 0 Å². The summed E-state index contributed by atoms with van der Waals surface area (Å²) in [5.74, 6) is -0.340. The Hall–Kier alpha value is -1.18. The smallest absolute Gasteiger partial charge is 0.318 e. The summed E-state index contributed by atoms with van der Waals surface area (Å²) in [7, 11) is 1.70. The van der Waals surface area contributed by atoms with Crippen molar-refractivity contribution in [2.45, 2.75) is 19.4 Å². The highest BCUT2D eigenvalue weighted by Gasteiger charge is 2.26. The van der Waals surface area contributed by atoms with E-state index in [-0.39, 0.29) is 12.5 Å². The van der Waals surface area contributed by atoms with Gasteiger partial charge < -0.3 is 10.5 Å². The number of rotatable bonds is 6. The van der Waals surface area contributed by atoms with Crippen LogP contribution in [0.25, 0.3) is 0 Å². The number of nitrogens with one attached hydrogen (secondary N) is 1. The molecule has 1 atom stereocenters. The quantitative estimate of drug-likeness (QED) is 0.662. The highest BCUT2D eigenvalue weighted by atomic mass is 16.5. The standard InChI is InChI=1S/C12H24N4O3/c1-3-10-8-15(9-11(17)14-12(13)18)4-5-16(10)6-7-19-2/h10H,3-9H2,1-2H3,(H3,13,14,17,18). The normalized spacial score (nSPS) is 21.3. The molecule has 110 valence electrons. The predicted octanol–water partition coefficient (Wildman–Crippen LogP) is -0.776. The maximum absolute atomic E-state index is 11.5. The molecule has 0 aromatic carbocycles. The van der Waals surface area contributed by atoms with Crippen molar-refractivity contribution in [2.24, 2.45) is 5.73 Å². The second kappa shape index (κ2) is 8.08. The monoisotopic (exact) mass is 272 g/mol. The fourth-order valence-electron chi connectivity index (χ4n) is 2.37. The first-order chi connectivity index (χ1) is 9.06. The van der Waals surface area contributed by atoms with Crippen molar-refractivity contribution in [1.82, 2.24) is 15.1 Å². The van der Waals surface area contributed by atoms with E-state index in [0.717, 1.165) is 39.2 Å². The average molecular weight is 272 g/mol. The maximum atomic E-state index is 11.5. The van der Waals surface area contributed by atoms with E-state index in [1.807, 2.05) is 0 Å². The number of ether oxygens (including phenoxy) is 1. The van der Waals surface area contributed by atoms with Gasteiger partial charge in [-0.3, -0.25) is 19.9 Å². The Morgan fingerprint density at radius 2 is 2.16 bits per heavy atom. The zero-order valence-corrected chi connectivity index (χ0v) is 11.7. The van der Waals surface area contributed by atoms with Gasteiger partial charge in [0.05, 0.1) is 13.2 Å². The highest BCUT2D eigenvalue weighted by molar-refractivity contribution is 5.94. The lowest BCUT2D eigenvalue weighted by atomic mass is 10.1. The minimum atomic E-state index is -0.796. The summed E-state index contributed by atoms with van der Waals surface area (Å²) in [6.07, 6.45) is 1.03. The van der Waals surface area contributed by atoms with Gasteiger partial charge in [-0.05, 0) is 6.42 Å². The molecule has 0 bridgehead atoms. The zero-order valence-electron chi connectivity index (χ0n) is 11.7. The third-order valence-electron chi connectivity index (χ3n) is 3.37. The number of imide groups is 1. The number of hydrogen-bond donors (Lipinski definition) is 2. The van der Waals surface area contributed by atoms with E-state index >= 15 is 0 Å². The number of nitrogens with two attached hydrogens (primary N) is 1. The predicted molar refractivity (Wildman–Crippen MR) is 71.7 cm³/mol. The zero-order chi connectivity index (χ0) is 14.3. The first-order valence-corrected chi connectivity index (χ1v) is 6.61. The van der Waals surface area contributed by atoms with Crippen LogP contribution in [0, 0.1) is 0 Å². The lowest BCUT2D eigenvalue weighted by molar-refractivity contribution is -0.121. The summed E-state index contributed by atoms with van der Waals surface area (Å²) in [6.45, 7) is 6.54. The summed E-state index contributed by atoms with van der Waals surface area (Å²) in [6, 6.07) is -0.374. The molecule has 3 N–H and O–H groups in total. The average Bonchev–Trinajstić information content (AvgIpc) is 2.36. The van der Waals surface area contributed by atoms with Gasteiger partial charge in [0.25, 0.3) is 0 Å². The van der Waals surface area contributed by atoms with Crippen LogP contribution < -0.4 is 11.1 Å². The van der Waals surface area contributed by atoms with Gasteiger partial charge in [-0.15, -0.1) is 0 Å². The fraction of sp³-hybridized carbons (Fsp3) is 0.833. The van der Waals surface area contributed by atoms with Gasteiger partial charge in [0, 0.05) is 39.3 Å². The minimum absolute atomic E-state index is 0.220. The van der Waals surface area contributed by atoms with Crippen molar-refractivity contribution in [1.29, 1.82) is 0 Å². The molecule has 0 aromatic heterocycles. The number of nitrogens with zero attached hydrogens (tertiary/aromatic N) is 2. The summed E-state index contributed by atoms with van der Waals surface area (Å²) in [5, 5.41) is 2.09. The lowest BCUT2D eigenvalue weighted by Crippen LogP contribution is -2.55. The van der Waals surface area contributed by atoms with Crippen molar-refractivity contribution in [2.75, 3.05) is 46.4 Å². The number of hydrogen-bond acceptors (Lipinski definition) is 5. The van der Waals surface area contributed by atoms with E-state index < -0.39 is 6.03 Å². The molecular weight excluding hydrogens is 248 g/mol. The van der Waals surface area contributed by atoms with Gasteiger partial charge in [-0.2, -0.15) is 0 Å². The number of piperazine rings is 1. The molecule has 1 saturated heterocycles. The maximum Gasteiger partial charge on any atom is 0.318 e. The number of carbonyl (C=O) groups excluding carboxylic acids is 2. The van der Waals surface area contributed by atoms with Gasteiger partial charge >= 0.3 is 6.03 Å². The number of methoxy groups -OCH3 is 1. The Bertz CT molecular complexity index is 311. The summed E-state index contributed by atoms with van der Waals surface area (Å²) in [4.78, 5) is 26.5. The highest BCUT2D eigenvalue weighted by Crippen LogP contribution is 2.12. The first kappa shape index (κ1) is 15.9. The molecule has 1 unspecified atom stereocenters. The molecule has 1 rings (SSSR count). The third-order valence-corrected chi connectivity index (χ3v) is 3.37. The molecule has 0 spiro atoms. The van der Waals surface area contributed by atoms with Crippen LogP contribution in [-0.2, 0) is 9.53 Å². The minimum Gasteiger partial charge on any atom is -0.383 e. The van der Waals surface area contributed by atoms with E-state index in [9.17, 15) is 9.59 Å². The Labute approximate surface area is 114 Å². The molecule has 0 aliphatic carbocycles. The van der Waals surface area contributed by atoms with Crippen molar-refractivity contribution in [3.63, 3.8) is 0 Å². The first-order valence-electron chi connectivity index (χ1n) is 6.61. The van der Waals surface area contributed by atoms with Crippen LogP contribution in [0.2, 0.25) is 0 Å². The molecule has 0 aromatic rings. The van der Waals surface area contributed by atoms with Crippen LogP contribution >= 0.6 is 0 Å². The second-order valence-corrected chi connectivity index (χ2v) is 4.74. The molecule has 3 amide bonds. The fourth-order valence-corrected chi connectivity index (χ4v) is 2.37. The molecular formula is C12H24N4O3. The Morgan fingerprint density at radius 3 is 2.74 bits per heavy atom. The van der Waals surface area contributed by atoms with Gasteiger partial charge in [-0.25, -0.2) is 4.79 Å².